The Bertz CT molecular complexity index is 851. The van der Waals surface area contributed by atoms with E-state index in [1.807, 2.05) is 6.26 Å². The quantitative estimate of drug-likeness (QED) is 0.190. The average molecular weight is 497 g/mol. The molecule has 0 saturated carbocycles. The summed E-state index contributed by atoms with van der Waals surface area (Å²) < 4.78 is 0. The van der Waals surface area contributed by atoms with Crippen molar-refractivity contribution in [3.05, 3.63) is 35.9 Å². The number of benzene rings is 1. The predicted molar refractivity (Wildman–Crippen MR) is 127 cm³/mol. The molecule has 0 saturated heterocycles. The highest BCUT2D eigenvalue weighted by atomic mass is 32.2. The Balaban J connectivity index is 2.99. The van der Waals surface area contributed by atoms with Crippen LogP contribution >= 0.6 is 11.8 Å². The van der Waals surface area contributed by atoms with Crippen LogP contribution in [0, 0.1) is 0 Å². The number of hydrogen-bond acceptors (Lipinski definition) is 7. The third kappa shape index (κ3) is 10.7. The summed E-state index contributed by atoms with van der Waals surface area (Å²) in [5.74, 6) is -4.01. The largest absolute Gasteiger partial charge is 0.481 e. The Morgan fingerprint density at radius 2 is 1.41 bits per heavy atom. The van der Waals surface area contributed by atoms with E-state index >= 15 is 0 Å². The molecule has 0 bridgehead atoms. The Morgan fingerprint density at radius 1 is 0.882 bits per heavy atom. The van der Waals surface area contributed by atoms with Gasteiger partial charge in [-0.05, 0) is 37.3 Å². The third-order valence-electron chi connectivity index (χ3n) is 4.83. The molecule has 7 N–H and O–H groups in total. The second-order valence-electron chi connectivity index (χ2n) is 7.71. The van der Waals surface area contributed by atoms with Gasteiger partial charge in [0, 0.05) is 12.8 Å². The van der Waals surface area contributed by atoms with E-state index in [4.69, 9.17) is 10.8 Å². The van der Waals surface area contributed by atoms with Crippen LogP contribution in [-0.4, -0.2) is 76.0 Å². The molecule has 0 aromatic heterocycles. The van der Waals surface area contributed by atoms with Crippen LogP contribution in [0.5, 0.6) is 0 Å². The first-order valence-corrected chi connectivity index (χ1v) is 12.1. The van der Waals surface area contributed by atoms with E-state index in [-0.39, 0.29) is 19.3 Å². The van der Waals surface area contributed by atoms with Crippen LogP contribution in [0.1, 0.15) is 31.7 Å². The Kier molecular flexibility index (Phi) is 12.7. The summed E-state index contributed by atoms with van der Waals surface area (Å²) in [6, 6.07) is 4.21. The topological polar surface area (TPSA) is 188 Å². The SMILES string of the molecule is CSCCC(NC(=O)C(C)N)C(=O)NC(CCC(=O)O)C(=O)NC(Cc1ccccc1)C(=O)O. The van der Waals surface area contributed by atoms with Crippen LogP contribution in [0.4, 0.5) is 0 Å². The lowest BCUT2D eigenvalue weighted by Gasteiger charge is -2.24. The van der Waals surface area contributed by atoms with E-state index in [1.165, 1.54) is 18.7 Å². The molecule has 1 rings (SSSR count). The van der Waals surface area contributed by atoms with Crippen molar-refractivity contribution in [2.24, 2.45) is 5.73 Å². The molecule has 4 unspecified atom stereocenters. The molecule has 1 aromatic carbocycles. The maximum Gasteiger partial charge on any atom is 0.326 e. The number of thioether (sulfide) groups is 1. The molecular weight excluding hydrogens is 464 g/mol. The number of carbonyl (C=O) groups excluding carboxylic acids is 3. The van der Waals surface area contributed by atoms with Gasteiger partial charge in [-0.3, -0.25) is 19.2 Å². The van der Waals surface area contributed by atoms with Crippen molar-refractivity contribution in [2.75, 3.05) is 12.0 Å². The Labute approximate surface area is 202 Å². The van der Waals surface area contributed by atoms with Crippen LogP contribution < -0.4 is 21.7 Å². The first kappa shape index (κ1) is 28.9. The van der Waals surface area contributed by atoms with Crippen molar-refractivity contribution in [2.45, 2.75) is 56.8 Å². The number of nitrogens with two attached hydrogens (primary N) is 1. The smallest absolute Gasteiger partial charge is 0.326 e. The minimum atomic E-state index is -1.31. The molecule has 0 aliphatic rings. The van der Waals surface area contributed by atoms with Gasteiger partial charge in [0.2, 0.25) is 17.7 Å². The maximum absolute atomic E-state index is 12.9. The van der Waals surface area contributed by atoms with Gasteiger partial charge in [-0.25, -0.2) is 4.79 Å². The van der Waals surface area contributed by atoms with Gasteiger partial charge < -0.3 is 31.9 Å². The first-order chi connectivity index (χ1) is 16.0. The van der Waals surface area contributed by atoms with Crippen LogP contribution in [0.25, 0.3) is 0 Å². The van der Waals surface area contributed by atoms with Gasteiger partial charge in [-0.15, -0.1) is 0 Å². The Morgan fingerprint density at radius 3 is 1.91 bits per heavy atom. The fourth-order valence-electron chi connectivity index (χ4n) is 2.94. The normalized spacial score (nSPS) is 14.2. The molecular formula is C22H32N4O7S. The molecule has 0 aliphatic heterocycles. The number of carbonyl (C=O) groups is 5. The predicted octanol–water partition coefficient (Wildman–Crippen LogP) is -0.267. The van der Waals surface area contributed by atoms with Gasteiger partial charge in [-0.1, -0.05) is 30.3 Å². The summed E-state index contributed by atoms with van der Waals surface area (Å²) in [5.41, 5.74) is 6.23. The average Bonchev–Trinajstić information content (AvgIpc) is 2.78. The lowest BCUT2D eigenvalue weighted by molar-refractivity contribution is -0.143. The second-order valence-corrected chi connectivity index (χ2v) is 8.70. The van der Waals surface area contributed by atoms with E-state index in [1.54, 1.807) is 30.3 Å². The van der Waals surface area contributed by atoms with Gasteiger partial charge in [0.1, 0.15) is 18.1 Å². The van der Waals surface area contributed by atoms with Crippen molar-refractivity contribution in [1.29, 1.82) is 0 Å². The summed E-state index contributed by atoms with van der Waals surface area (Å²) in [7, 11) is 0. The molecule has 0 aliphatic carbocycles. The summed E-state index contributed by atoms with van der Waals surface area (Å²) >= 11 is 1.45. The lowest BCUT2D eigenvalue weighted by Crippen LogP contribution is -2.57. The van der Waals surface area contributed by atoms with Crippen LogP contribution in [0.2, 0.25) is 0 Å². The second kappa shape index (κ2) is 14.9. The summed E-state index contributed by atoms with van der Waals surface area (Å²) in [4.78, 5) is 60.5. The number of carboxylic acid groups (broad SMARTS) is 2. The summed E-state index contributed by atoms with van der Waals surface area (Å²) in [6.07, 6.45) is 1.38. The minimum Gasteiger partial charge on any atom is -0.481 e. The standard InChI is InChI=1S/C22H32N4O7S/c1-13(23)19(29)24-16(10-11-34-2)21(31)25-15(8-9-18(27)28)20(30)26-17(22(32)33)12-14-6-4-3-5-7-14/h3-7,13,15-17H,8-12,23H2,1-2H3,(H,24,29)(H,25,31)(H,26,30)(H,27,28)(H,32,33). The first-order valence-electron chi connectivity index (χ1n) is 10.7. The van der Waals surface area contributed by atoms with E-state index < -0.39 is 60.2 Å². The molecule has 0 fully saturated rings. The van der Waals surface area contributed by atoms with Crippen molar-refractivity contribution in [3.63, 3.8) is 0 Å². The lowest BCUT2D eigenvalue weighted by atomic mass is 10.0. The van der Waals surface area contributed by atoms with Gasteiger partial charge in [0.15, 0.2) is 0 Å². The maximum atomic E-state index is 12.9. The van der Waals surface area contributed by atoms with Gasteiger partial charge in [0.25, 0.3) is 0 Å². The zero-order chi connectivity index (χ0) is 25.7. The van der Waals surface area contributed by atoms with Crippen LogP contribution in [0.15, 0.2) is 30.3 Å². The zero-order valence-electron chi connectivity index (χ0n) is 19.2. The third-order valence-corrected chi connectivity index (χ3v) is 5.48. The molecule has 0 radical (unpaired) electrons. The van der Waals surface area contributed by atoms with Crippen molar-refractivity contribution < 1.29 is 34.2 Å². The molecule has 4 atom stereocenters. The molecule has 0 spiro atoms. The van der Waals surface area contributed by atoms with Crippen LogP contribution in [-0.2, 0) is 30.4 Å². The summed E-state index contributed by atoms with van der Waals surface area (Å²) in [5, 5.41) is 25.9. The number of carboxylic acids is 2. The Hall–Kier alpha value is -3.12. The highest BCUT2D eigenvalue weighted by Gasteiger charge is 2.30. The zero-order valence-corrected chi connectivity index (χ0v) is 20.0. The van der Waals surface area contributed by atoms with E-state index in [0.717, 1.165) is 0 Å². The molecule has 34 heavy (non-hydrogen) atoms. The van der Waals surface area contributed by atoms with E-state index in [0.29, 0.717) is 11.3 Å². The molecule has 11 nitrogen and oxygen atoms in total. The van der Waals surface area contributed by atoms with Crippen LogP contribution in [0.3, 0.4) is 0 Å². The van der Waals surface area contributed by atoms with Crippen molar-refractivity contribution in [1.82, 2.24) is 16.0 Å². The van der Waals surface area contributed by atoms with Gasteiger partial charge in [-0.2, -0.15) is 11.8 Å². The molecule has 0 heterocycles. The fourth-order valence-corrected chi connectivity index (χ4v) is 3.41. The molecule has 12 heteroatoms. The summed E-state index contributed by atoms with van der Waals surface area (Å²) in [6.45, 7) is 1.46. The van der Waals surface area contributed by atoms with E-state index in [9.17, 15) is 29.1 Å². The van der Waals surface area contributed by atoms with E-state index in [2.05, 4.69) is 16.0 Å². The fraction of sp³-hybridized carbons (Fsp3) is 0.500. The van der Waals surface area contributed by atoms with Crippen molar-refractivity contribution >= 4 is 41.4 Å². The minimum absolute atomic E-state index is 0.00229. The number of hydrogen-bond donors (Lipinski definition) is 6. The van der Waals surface area contributed by atoms with Crippen molar-refractivity contribution in [3.8, 4) is 0 Å². The number of nitrogens with one attached hydrogen (secondary N) is 3. The van der Waals surface area contributed by atoms with Gasteiger partial charge >= 0.3 is 11.9 Å². The van der Waals surface area contributed by atoms with Gasteiger partial charge in [0.05, 0.1) is 6.04 Å². The molecule has 188 valence electrons. The highest BCUT2D eigenvalue weighted by Crippen LogP contribution is 2.07. The number of amides is 3. The number of rotatable bonds is 15. The highest BCUT2D eigenvalue weighted by molar-refractivity contribution is 7.98. The number of aliphatic carboxylic acids is 2. The monoisotopic (exact) mass is 496 g/mol. The molecule has 3 amide bonds. The molecule has 1 aromatic rings.